The third-order valence-electron chi connectivity index (χ3n) is 4.47. The second-order valence-corrected chi connectivity index (χ2v) is 7.82. The normalized spacial score (nSPS) is 11.8. The van der Waals surface area contributed by atoms with E-state index >= 15 is 0 Å². The number of thioether (sulfide) groups is 1. The lowest BCUT2D eigenvalue weighted by atomic mass is 10.0. The maximum atomic E-state index is 12.7. The second-order valence-electron chi connectivity index (χ2n) is 6.51. The van der Waals surface area contributed by atoms with Gasteiger partial charge in [-0.25, -0.2) is 4.98 Å². The smallest absolute Gasteiger partial charge is 0.210 e. The Hall–Kier alpha value is -3.31. The molecule has 0 saturated heterocycles. The number of hydrogen-bond acceptors (Lipinski definition) is 5. The molecule has 0 N–H and O–H groups in total. The molecular weight excluding hydrogens is 378 g/mol. The Bertz CT molecular complexity index is 1100. The van der Waals surface area contributed by atoms with Crippen LogP contribution in [-0.4, -0.2) is 26.2 Å². The van der Waals surface area contributed by atoms with Gasteiger partial charge in [-0.2, -0.15) is 0 Å². The minimum atomic E-state index is -0.314. The highest BCUT2D eigenvalue weighted by atomic mass is 32.2. The molecule has 142 valence electrons. The van der Waals surface area contributed by atoms with Crippen molar-refractivity contribution in [2.24, 2.45) is 0 Å². The fraction of sp³-hybridized carbons (Fsp3) is 0.0833. The van der Waals surface area contributed by atoms with Crippen LogP contribution in [-0.2, 0) is 0 Å². The summed E-state index contributed by atoms with van der Waals surface area (Å²) in [5.41, 5.74) is 4.09. The van der Waals surface area contributed by atoms with Crippen molar-refractivity contribution in [3.63, 3.8) is 0 Å². The summed E-state index contributed by atoms with van der Waals surface area (Å²) in [5, 5.41) is 8.94. The van der Waals surface area contributed by atoms with E-state index in [4.69, 9.17) is 4.98 Å². The van der Waals surface area contributed by atoms with Crippen LogP contribution in [0.2, 0.25) is 0 Å². The largest absolute Gasteiger partial charge is 0.293 e. The van der Waals surface area contributed by atoms with E-state index in [2.05, 4.69) is 10.2 Å². The van der Waals surface area contributed by atoms with Gasteiger partial charge in [0.1, 0.15) is 11.4 Å². The van der Waals surface area contributed by atoms with Crippen molar-refractivity contribution >= 4 is 17.5 Å². The second kappa shape index (κ2) is 8.80. The Labute approximate surface area is 174 Å². The predicted octanol–water partition coefficient (Wildman–Crippen LogP) is 5.57. The average Bonchev–Trinajstić information content (AvgIpc) is 2.80. The molecule has 1 aromatic heterocycles. The van der Waals surface area contributed by atoms with E-state index in [1.165, 1.54) is 11.8 Å². The Morgan fingerprint density at radius 2 is 1.24 bits per heavy atom. The van der Waals surface area contributed by atoms with Crippen LogP contribution < -0.4 is 0 Å². The molecule has 0 aliphatic rings. The van der Waals surface area contributed by atoms with Crippen LogP contribution in [0.25, 0.3) is 22.5 Å². The minimum Gasteiger partial charge on any atom is -0.293 e. The summed E-state index contributed by atoms with van der Waals surface area (Å²) in [6.45, 7) is 1.87. The number of carbonyl (C=O) groups excluding carboxylic acids is 1. The summed E-state index contributed by atoms with van der Waals surface area (Å²) in [4.78, 5) is 17.5. The van der Waals surface area contributed by atoms with Gasteiger partial charge in [-0.05, 0) is 6.92 Å². The lowest BCUT2D eigenvalue weighted by molar-refractivity contribution is 0.0994. The maximum Gasteiger partial charge on any atom is 0.210 e. The van der Waals surface area contributed by atoms with Crippen molar-refractivity contribution < 1.29 is 4.79 Å². The summed E-state index contributed by atoms with van der Waals surface area (Å²) >= 11 is 1.32. The third-order valence-corrected chi connectivity index (χ3v) is 5.42. The van der Waals surface area contributed by atoms with Crippen LogP contribution >= 0.6 is 11.8 Å². The molecule has 1 unspecified atom stereocenters. The molecule has 0 saturated carbocycles. The first-order valence-corrected chi connectivity index (χ1v) is 10.2. The topological polar surface area (TPSA) is 55.7 Å². The zero-order chi connectivity index (χ0) is 20.1. The molecule has 0 fully saturated rings. The van der Waals surface area contributed by atoms with E-state index in [0.717, 1.165) is 22.5 Å². The van der Waals surface area contributed by atoms with Gasteiger partial charge >= 0.3 is 0 Å². The Morgan fingerprint density at radius 3 is 1.83 bits per heavy atom. The molecule has 0 aliphatic carbocycles. The van der Waals surface area contributed by atoms with Gasteiger partial charge in [0, 0.05) is 16.7 Å². The van der Waals surface area contributed by atoms with Crippen molar-refractivity contribution in [3.05, 3.63) is 96.6 Å². The lowest BCUT2D eigenvalue weighted by Gasteiger charge is -2.12. The number of nitrogens with zero attached hydrogens (tertiary/aromatic N) is 3. The van der Waals surface area contributed by atoms with Gasteiger partial charge in [-0.15, -0.1) is 10.2 Å². The Morgan fingerprint density at radius 1 is 0.724 bits per heavy atom. The first-order chi connectivity index (χ1) is 14.2. The van der Waals surface area contributed by atoms with Gasteiger partial charge in [-0.1, -0.05) is 103 Å². The molecule has 4 rings (SSSR count). The third kappa shape index (κ3) is 4.41. The molecule has 5 heteroatoms. The van der Waals surface area contributed by atoms with E-state index in [9.17, 15) is 4.79 Å². The molecule has 1 heterocycles. The van der Waals surface area contributed by atoms with E-state index in [1.54, 1.807) is 0 Å². The number of rotatable bonds is 6. The van der Waals surface area contributed by atoms with E-state index in [-0.39, 0.29) is 11.0 Å². The lowest BCUT2D eigenvalue weighted by Crippen LogP contribution is -2.14. The molecule has 4 aromatic rings. The number of benzene rings is 3. The van der Waals surface area contributed by atoms with Crippen LogP contribution in [0.4, 0.5) is 0 Å². The van der Waals surface area contributed by atoms with E-state index < -0.39 is 0 Å². The van der Waals surface area contributed by atoms with Crippen LogP contribution in [0.3, 0.4) is 0 Å². The van der Waals surface area contributed by atoms with Crippen molar-refractivity contribution in [2.45, 2.75) is 17.3 Å². The SMILES string of the molecule is CC(Sc1nnc(-c2ccccc2)c(-c2ccccc2)n1)C(=O)c1ccccc1. The molecular formula is C24H19N3OS. The highest BCUT2D eigenvalue weighted by Gasteiger charge is 2.20. The zero-order valence-electron chi connectivity index (χ0n) is 15.9. The van der Waals surface area contributed by atoms with Gasteiger partial charge in [-0.3, -0.25) is 4.79 Å². The fourth-order valence-electron chi connectivity index (χ4n) is 3.00. The maximum absolute atomic E-state index is 12.7. The van der Waals surface area contributed by atoms with Crippen LogP contribution in [0.15, 0.2) is 96.2 Å². The summed E-state index contributed by atoms with van der Waals surface area (Å²) in [6.07, 6.45) is 0. The molecule has 3 aromatic carbocycles. The van der Waals surface area contributed by atoms with Crippen molar-refractivity contribution in [2.75, 3.05) is 0 Å². The number of Topliss-reactive ketones (excluding diaryl/α,β-unsaturated/α-hetero) is 1. The van der Waals surface area contributed by atoms with Gasteiger partial charge in [0.25, 0.3) is 0 Å². The average molecular weight is 398 g/mol. The van der Waals surface area contributed by atoms with Gasteiger partial charge in [0.2, 0.25) is 5.16 Å². The highest BCUT2D eigenvalue weighted by molar-refractivity contribution is 8.00. The van der Waals surface area contributed by atoms with E-state index in [0.29, 0.717) is 10.7 Å². The van der Waals surface area contributed by atoms with Crippen LogP contribution in [0.1, 0.15) is 17.3 Å². The molecule has 4 nitrogen and oxygen atoms in total. The van der Waals surface area contributed by atoms with Gasteiger partial charge in [0.05, 0.1) is 5.25 Å². The number of ketones is 1. The standard InChI is InChI=1S/C24H19N3OS/c1-17(23(28)20-15-9-4-10-16-20)29-24-25-21(18-11-5-2-6-12-18)22(26-27-24)19-13-7-3-8-14-19/h2-17H,1H3. The van der Waals surface area contributed by atoms with Crippen LogP contribution in [0.5, 0.6) is 0 Å². The van der Waals surface area contributed by atoms with Gasteiger partial charge in [0.15, 0.2) is 5.78 Å². The van der Waals surface area contributed by atoms with E-state index in [1.807, 2.05) is 97.9 Å². The molecule has 0 amide bonds. The Balaban J connectivity index is 1.68. The number of carbonyl (C=O) groups is 1. The summed E-state index contributed by atoms with van der Waals surface area (Å²) in [6, 6.07) is 29.1. The quantitative estimate of drug-likeness (QED) is 0.314. The predicted molar refractivity (Wildman–Crippen MR) is 117 cm³/mol. The molecule has 0 radical (unpaired) electrons. The number of hydrogen-bond donors (Lipinski definition) is 0. The van der Waals surface area contributed by atoms with Crippen molar-refractivity contribution in [1.29, 1.82) is 0 Å². The first kappa shape index (κ1) is 19.0. The number of aromatic nitrogens is 3. The highest BCUT2D eigenvalue weighted by Crippen LogP contribution is 2.31. The van der Waals surface area contributed by atoms with Crippen molar-refractivity contribution in [1.82, 2.24) is 15.2 Å². The van der Waals surface area contributed by atoms with Crippen molar-refractivity contribution in [3.8, 4) is 22.5 Å². The molecule has 0 spiro atoms. The summed E-state index contributed by atoms with van der Waals surface area (Å²) in [5.74, 6) is 0.0487. The molecule has 29 heavy (non-hydrogen) atoms. The van der Waals surface area contributed by atoms with Gasteiger partial charge < -0.3 is 0 Å². The van der Waals surface area contributed by atoms with Crippen LogP contribution in [0, 0.1) is 0 Å². The fourth-order valence-corrected chi connectivity index (χ4v) is 3.79. The summed E-state index contributed by atoms with van der Waals surface area (Å²) in [7, 11) is 0. The minimum absolute atomic E-state index is 0.0487. The molecule has 0 aliphatic heterocycles. The Kier molecular flexibility index (Phi) is 5.77. The molecule has 0 bridgehead atoms. The first-order valence-electron chi connectivity index (χ1n) is 9.34. The summed E-state index contributed by atoms with van der Waals surface area (Å²) < 4.78 is 0. The molecule has 1 atom stereocenters. The monoisotopic (exact) mass is 397 g/mol. The zero-order valence-corrected chi connectivity index (χ0v) is 16.7.